The van der Waals surface area contributed by atoms with Gasteiger partial charge in [-0.2, -0.15) is 0 Å². The van der Waals surface area contributed by atoms with E-state index in [0.717, 1.165) is 6.07 Å². The van der Waals surface area contributed by atoms with E-state index in [4.69, 9.17) is 0 Å². The van der Waals surface area contributed by atoms with Crippen molar-refractivity contribution in [2.45, 2.75) is 6.43 Å². The first kappa shape index (κ1) is 11.7. The zero-order valence-electron chi connectivity index (χ0n) is 6.38. The maximum absolute atomic E-state index is 12.3. The summed E-state index contributed by atoms with van der Waals surface area (Å²) in [6.07, 6.45) is -2.78. The molecule has 0 fully saturated rings. The van der Waals surface area contributed by atoms with E-state index in [1.165, 1.54) is 0 Å². The summed E-state index contributed by atoms with van der Waals surface area (Å²) >= 11 is 4.43. The number of hydrogen-bond acceptors (Lipinski definition) is 3. The molecule has 0 N–H and O–H groups in total. The summed E-state index contributed by atoms with van der Waals surface area (Å²) in [6, 6.07) is 0.823. The molecule has 0 aliphatic heterocycles. The highest BCUT2D eigenvalue weighted by Crippen LogP contribution is 2.31. The predicted molar refractivity (Wildman–Crippen MR) is 56.3 cm³/mol. The Labute approximate surface area is 99.1 Å². The first-order chi connectivity index (χ1) is 6.43. The highest BCUT2D eigenvalue weighted by atomic mass is 127. The minimum atomic E-state index is -2.78. The molecule has 0 spiro atoms. The van der Waals surface area contributed by atoms with Crippen molar-refractivity contribution in [3.8, 4) is 0 Å². The van der Waals surface area contributed by atoms with Crippen molar-refractivity contribution in [3.05, 3.63) is 30.0 Å². The van der Waals surface area contributed by atoms with Gasteiger partial charge in [-0.15, -0.1) is 0 Å². The van der Waals surface area contributed by atoms with Gasteiger partial charge in [0.05, 0.1) is 10.5 Å². The number of aromatic nitrogens is 1. The quantitative estimate of drug-likeness (QED) is 0.343. The summed E-state index contributed by atoms with van der Waals surface area (Å²) in [7, 11) is 0. The van der Waals surface area contributed by atoms with E-state index in [-0.39, 0.29) is 8.30 Å². The second kappa shape index (κ2) is 4.43. The molecule has 1 heterocycles. The van der Waals surface area contributed by atoms with Crippen molar-refractivity contribution < 1.29 is 13.7 Å². The van der Waals surface area contributed by atoms with Crippen LogP contribution < -0.4 is 0 Å². The molecule has 0 saturated carbocycles. The fourth-order valence-electron chi connectivity index (χ4n) is 0.755. The predicted octanol–water partition coefficient (Wildman–Crippen LogP) is 3.29. The van der Waals surface area contributed by atoms with Crippen molar-refractivity contribution in [2.75, 3.05) is 0 Å². The Balaban J connectivity index is 3.34. The number of hydrogen-bond donors (Lipinski definition) is 0. The lowest BCUT2D eigenvalue weighted by atomic mass is 10.3. The smallest absolute Gasteiger partial charge is 0.258 e. The highest BCUT2D eigenvalue weighted by molar-refractivity contribution is 14.1. The van der Waals surface area contributed by atoms with Crippen LogP contribution in [0.25, 0.3) is 0 Å². The van der Waals surface area contributed by atoms with Gasteiger partial charge in [0.25, 0.3) is 6.43 Å². The molecule has 8 heteroatoms. The lowest BCUT2D eigenvalue weighted by Crippen LogP contribution is -1.99. The monoisotopic (exact) mass is 378 g/mol. The van der Waals surface area contributed by atoms with Crippen LogP contribution in [0.4, 0.5) is 14.5 Å². The normalized spacial score (nSPS) is 10.6. The summed E-state index contributed by atoms with van der Waals surface area (Å²) in [5.74, 6) is 0. The van der Waals surface area contributed by atoms with Crippen LogP contribution in [0.3, 0.4) is 0 Å². The molecule has 4 nitrogen and oxygen atoms in total. The molecule has 1 aromatic rings. The van der Waals surface area contributed by atoms with Gasteiger partial charge in [0.1, 0.15) is 4.60 Å². The summed E-state index contributed by atoms with van der Waals surface area (Å²) < 4.78 is 24.6. The zero-order valence-corrected chi connectivity index (χ0v) is 10.1. The second-order valence-corrected chi connectivity index (χ2v) is 4.01. The lowest BCUT2D eigenvalue weighted by Gasteiger charge is -2.03. The molecule has 76 valence electrons. The maximum atomic E-state index is 12.3. The number of nitro groups is 1. The third-order valence-electron chi connectivity index (χ3n) is 1.37. The van der Waals surface area contributed by atoms with Crippen molar-refractivity contribution in [1.82, 2.24) is 4.98 Å². The van der Waals surface area contributed by atoms with E-state index >= 15 is 0 Å². The fourth-order valence-corrected chi connectivity index (χ4v) is 2.15. The minimum Gasteiger partial charge on any atom is -0.258 e. The van der Waals surface area contributed by atoms with E-state index in [2.05, 4.69) is 20.9 Å². The molecule has 1 rings (SSSR count). The molecular formula is C6H2BrF2IN2O2. The number of halogens is 4. The molecule has 0 aliphatic carbocycles. The van der Waals surface area contributed by atoms with Crippen LogP contribution in [0.1, 0.15) is 12.0 Å². The standard InChI is InChI=1S/C6H2BrF2IN2O2/c7-4-2(5(8)9)1-3(12(13)14)6(10)11-4/h1,5H. The van der Waals surface area contributed by atoms with E-state index in [9.17, 15) is 18.9 Å². The van der Waals surface area contributed by atoms with Crippen LogP contribution in [-0.2, 0) is 0 Å². The molecule has 0 unspecified atom stereocenters. The largest absolute Gasteiger partial charge is 0.301 e. The number of alkyl halides is 2. The van der Waals surface area contributed by atoms with Gasteiger partial charge in [0, 0.05) is 6.07 Å². The van der Waals surface area contributed by atoms with Crippen molar-refractivity contribution >= 4 is 44.2 Å². The van der Waals surface area contributed by atoms with E-state index < -0.39 is 22.6 Å². The third kappa shape index (κ3) is 2.35. The average molecular weight is 379 g/mol. The summed E-state index contributed by atoms with van der Waals surface area (Å²) in [4.78, 5) is 13.3. The molecular weight excluding hydrogens is 377 g/mol. The van der Waals surface area contributed by atoms with E-state index in [1.807, 2.05) is 0 Å². The van der Waals surface area contributed by atoms with Crippen LogP contribution in [-0.4, -0.2) is 9.91 Å². The Hall–Kier alpha value is -0.380. The lowest BCUT2D eigenvalue weighted by molar-refractivity contribution is -0.386. The van der Waals surface area contributed by atoms with Gasteiger partial charge in [-0.25, -0.2) is 13.8 Å². The summed E-state index contributed by atoms with van der Waals surface area (Å²) in [5, 5.41) is 10.4. The van der Waals surface area contributed by atoms with Gasteiger partial charge in [-0.1, -0.05) is 0 Å². The maximum Gasteiger partial charge on any atom is 0.301 e. The van der Waals surface area contributed by atoms with Crippen molar-refractivity contribution in [1.29, 1.82) is 0 Å². The molecule has 0 amide bonds. The number of nitrogens with zero attached hydrogens (tertiary/aromatic N) is 2. The Bertz CT molecular complexity index is 388. The first-order valence-electron chi connectivity index (χ1n) is 3.22. The average Bonchev–Trinajstić information content (AvgIpc) is 2.02. The molecule has 14 heavy (non-hydrogen) atoms. The van der Waals surface area contributed by atoms with Crippen LogP contribution >= 0.6 is 38.5 Å². The highest BCUT2D eigenvalue weighted by Gasteiger charge is 2.21. The molecule has 0 bridgehead atoms. The molecule has 1 aromatic heterocycles. The van der Waals surface area contributed by atoms with Gasteiger partial charge in [-0.3, -0.25) is 10.1 Å². The molecule has 0 radical (unpaired) electrons. The summed E-state index contributed by atoms with van der Waals surface area (Å²) in [6.45, 7) is 0. The summed E-state index contributed by atoms with van der Waals surface area (Å²) in [5.41, 5.74) is -0.888. The molecule has 0 atom stereocenters. The fraction of sp³-hybridized carbons (Fsp3) is 0.167. The van der Waals surface area contributed by atoms with E-state index in [1.54, 1.807) is 22.6 Å². The van der Waals surface area contributed by atoms with Crippen LogP contribution in [0.5, 0.6) is 0 Å². The van der Waals surface area contributed by atoms with Gasteiger partial charge < -0.3 is 0 Å². The second-order valence-electron chi connectivity index (χ2n) is 2.24. The van der Waals surface area contributed by atoms with Crippen molar-refractivity contribution in [2.24, 2.45) is 0 Å². The van der Waals surface area contributed by atoms with Crippen LogP contribution in [0.15, 0.2) is 10.7 Å². The minimum absolute atomic E-state index is 0.0671. The number of pyridine rings is 1. The van der Waals surface area contributed by atoms with Gasteiger partial charge in [0.15, 0.2) is 3.70 Å². The Morgan fingerprint density at radius 1 is 1.64 bits per heavy atom. The Morgan fingerprint density at radius 3 is 2.64 bits per heavy atom. The molecule has 0 saturated heterocycles. The van der Waals surface area contributed by atoms with Gasteiger partial charge >= 0.3 is 5.69 Å². The molecule has 0 aromatic carbocycles. The molecule has 0 aliphatic rings. The first-order valence-corrected chi connectivity index (χ1v) is 5.09. The topological polar surface area (TPSA) is 56.0 Å². The van der Waals surface area contributed by atoms with Crippen LogP contribution in [0.2, 0.25) is 0 Å². The Kier molecular flexibility index (Phi) is 3.70. The van der Waals surface area contributed by atoms with E-state index in [0.29, 0.717) is 0 Å². The Morgan fingerprint density at radius 2 is 2.21 bits per heavy atom. The van der Waals surface area contributed by atoms with Crippen molar-refractivity contribution in [3.63, 3.8) is 0 Å². The zero-order chi connectivity index (χ0) is 10.9. The SMILES string of the molecule is O=[N+]([O-])c1cc(C(F)F)c(Br)nc1I. The van der Waals surface area contributed by atoms with Gasteiger partial charge in [0.2, 0.25) is 0 Å². The van der Waals surface area contributed by atoms with Crippen LogP contribution in [0, 0.1) is 13.8 Å². The number of rotatable bonds is 2. The third-order valence-corrected chi connectivity index (χ3v) is 2.80. The van der Waals surface area contributed by atoms with Gasteiger partial charge in [-0.05, 0) is 38.5 Å².